The van der Waals surface area contributed by atoms with Crippen LogP contribution in [0.1, 0.15) is 37.0 Å². The minimum atomic E-state index is -1.01. The number of aromatic nitrogens is 2. The van der Waals surface area contributed by atoms with Crippen molar-refractivity contribution < 1.29 is 24.2 Å². The molecule has 0 radical (unpaired) electrons. The Morgan fingerprint density at radius 3 is 2.05 bits per heavy atom. The average molecular weight is 311 g/mol. The molecule has 0 bridgehead atoms. The first-order valence-electron chi connectivity index (χ1n) is 6.90. The molecule has 1 rings (SSSR count). The molecule has 8 heteroatoms. The van der Waals surface area contributed by atoms with E-state index in [4.69, 9.17) is 9.47 Å². The van der Waals surface area contributed by atoms with Crippen LogP contribution in [0.25, 0.3) is 0 Å². The molecule has 0 saturated heterocycles. The maximum Gasteiger partial charge on any atom is 0.311 e. The highest BCUT2D eigenvalue weighted by molar-refractivity contribution is 5.98. The zero-order valence-corrected chi connectivity index (χ0v) is 13.2. The van der Waals surface area contributed by atoms with Gasteiger partial charge in [0.05, 0.1) is 19.6 Å². The van der Waals surface area contributed by atoms with E-state index in [0.717, 1.165) is 0 Å². The van der Waals surface area contributed by atoms with Crippen LogP contribution < -0.4 is 14.8 Å². The van der Waals surface area contributed by atoms with Crippen LogP contribution in [0, 0.1) is 5.41 Å². The fourth-order valence-corrected chi connectivity index (χ4v) is 2.07. The SMILES string of the molecule is CCC(CC)(CNC(=O)c1c(OC)ncnc1OC)C(=O)O. The summed E-state index contributed by atoms with van der Waals surface area (Å²) in [6.07, 6.45) is 2.02. The van der Waals surface area contributed by atoms with E-state index in [0.29, 0.717) is 12.8 Å². The van der Waals surface area contributed by atoms with Gasteiger partial charge in [-0.2, -0.15) is 0 Å². The predicted octanol–water partition coefficient (Wildman–Crippen LogP) is 1.11. The van der Waals surface area contributed by atoms with Crippen molar-refractivity contribution in [3.05, 3.63) is 11.9 Å². The van der Waals surface area contributed by atoms with Gasteiger partial charge in [-0.1, -0.05) is 13.8 Å². The molecule has 0 aliphatic heterocycles. The smallest absolute Gasteiger partial charge is 0.311 e. The maximum atomic E-state index is 12.4. The van der Waals surface area contributed by atoms with Crippen molar-refractivity contribution in [3.8, 4) is 11.8 Å². The Morgan fingerprint density at radius 2 is 1.68 bits per heavy atom. The topological polar surface area (TPSA) is 111 Å². The molecule has 1 aromatic rings. The van der Waals surface area contributed by atoms with Crippen LogP contribution in [0.4, 0.5) is 0 Å². The molecule has 0 saturated carbocycles. The number of carbonyl (C=O) groups is 2. The summed E-state index contributed by atoms with van der Waals surface area (Å²) in [7, 11) is 2.75. The van der Waals surface area contributed by atoms with Crippen molar-refractivity contribution in [1.29, 1.82) is 0 Å². The highest BCUT2D eigenvalue weighted by atomic mass is 16.5. The van der Waals surface area contributed by atoms with E-state index in [1.807, 2.05) is 0 Å². The van der Waals surface area contributed by atoms with Gasteiger partial charge in [-0.3, -0.25) is 9.59 Å². The van der Waals surface area contributed by atoms with Crippen LogP contribution in [-0.2, 0) is 4.79 Å². The highest BCUT2D eigenvalue weighted by Gasteiger charge is 2.35. The fourth-order valence-electron chi connectivity index (χ4n) is 2.07. The van der Waals surface area contributed by atoms with Crippen LogP contribution in [0.15, 0.2) is 6.33 Å². The lowest BCUT2D eigenvalue weighted by atomic mass is 9.82. The molecule has 1 heterocycles. The average Bonchev–Trinajstić information content (AvgIpc) is 2.54. The Labute approximate surface area is 128 Å². The highest BCUT2D eigenvalue weighted by Crippen LogP contribution is 2.27. The quantitative estimate of drug-likeness (QED) is 0.740. The summed E-state index contributed by atoms with van der Waals surface area (Å²) in [4.78, 5) is 31.5. The molecule has 0 atom stereocenters. The Morgan fingerprint density at radius 1 is 1.18 bits per heavy atom. The number of rotatable bonds is 8. The number of nitrogens with one attached hydrogen (secondary N) is 1. The first-order chi connectivity index (χ1) is 10.5. The largest absolute Gasteiger partial charge is 0.481 e. The third-order valence-corrected chi connectivity index (χ3v) is 3.79. The zero-order chi connectivity index (χ0) is 16.8. The van der Waals surface area contributed by atoms with Gasteiger partial charge in [0.2, 0.25) is 11.8 Å². The number of carbonyl (C=O) groups excluding carboxylic acids is 1. The molecule has 8 nitrogen and oxygen atoms in total. The van der Waals surface area contributed by atoms with Crippen LogP contribution in [0.5, 0.6) is 11.8 Å². The number of carboxylic acids is 1. The van der Waals surface area contributed by atoms with Crippen molar-refractivity contribution in [2.24, 2.45) is 5.41 Å². The standard InChI is InChI=1S/C14H21N3O5/c1-5-14(6-2,13(19)20)7-15-10(18)9-11(21-3)16-8-17-12(9)22-4/h8H,5-7H2,1-4H3,(H,15,18)(H,19,20). The van der Waals surface area contributed by atoms with Crippen molar-refractivity contribution in [2.45, 2.75) is 26.7 Å². The second kappa shape index (κ2) is 7.58. The van der Waals surface area contributed by atoms with E-state index in [9.17, 15) is 14.7 Å². The molecule has 0 aliphatic carbocycles. The van der Waals surface area contributed by atoms with Gasteiger partial charge in [0.1, 0.15) is 6.33 Å². The van der Waals surface area contributed by atoms with Crippen molar-refractivity contribution in [1.82, 2.24) is 15.3 Å². The monoisotopic (exact) mass is 311 g/mol. The molecule has 0 aromatic carbocycles. The molecule has 0 aliphatic rings. The summed E-state index contributed by atoms with van der Waals surface area (Å²) in [5.41, 5.74) is -0.967. The number of aliphatic carboxylic acids is 1. The maximum absolute atomic E-state index is 12.4. The normalized spacial score (nSPS) is 10.9. The Balaban J connectivity index is 3.01. The van der Waals surface area contributed by atoms with Gasteiger partial charge in [-0.25, -0.2) is 9.97 Å². The fraction of sp³-hybridized carbons (Fsp3) is 0.571. The summed E-state index contributed by atoms with van der Waals surface area (Å²) in [6, 6.07) is 0. The summed E-state index contributed by atoms with van der Waals surface area (Å²) in [5.74, 6) is -1.35. The third-order valence-electron chi connectivity index (χ3n) is 3.79. The van der Waals surface area contributed by atoms with Gasteiger partial charge in [-0.15, -0.1) is 0 Å². The van der Waals surface area contributed by atoms with Crippen molar-refractivity contribution in [3.63, 3.8) is 0 Å². The molecule has 22 heavy (non-hydrogen) atoms. The second-order valence-corrected chi connectivity index (χ2v) is 4.74. The Bertz CT molecular complexity index is 521. The molecular weight excluding hydrogens is 290 g/mol. The van der Waals surface area contributed by atoms with E-state index in [1.54, 1.807) is 13.8 Å². The number of hydrogen-bond donors (Lipinski definition) is 2. The Kier molecular flexibility index (Phi) is 6.09. The van der Waals surface area contributed by atoms with Gasteiger partial charge in [0.15, 0.2) is 5.56 Å². The lowest BCUT2D eigenvalue weighted by Gasteiger charge is -2.26. The summed E-state index contributed by atoms with van der Waals surface area (Å²) >= 11 is 0. The zero-order valence-electron chi connectivity index (χ0n) is 13.2. The van der Waals surface area contributed by atoms with Crippen molar-refractivity contribution in [2.75, 3.05) is 20.8 Å². The van der Waals surface area contributed by atoms with Gasteiger partial charge in [-0.05, 0) is 12.8 Å². The number of ether oxygens (including phenoxy) is 2. The van der Waals surface area contributed by atoms with Crippen molar-refractivity contribution >= 4 is 11.9 Å². The number of carboxylic acid groups (broad SMARTS) is 1. The van der Waals surface area contributed by atoms with Gasteiger partial charge in [0, 0.05) is 6.54 Å². The minimum absolute atomic E-state index is 0.00459. The summed E-state index contributed by atoms with van der Waals surface area (Å²) in [5, 5.41) is 12.0. The molecule has 1 amide bonds. The van der Waals surface area contributed by atoms with E-state index in [1.165, 1.54) is 20.5 Å². The summed E-state index contributed by atoms with van der Waals surface area (Å²) < 4.78 is 10.1. The molecule has 1 aromatic heterocycles. The van der Waals surface area contributed by atoms with Crippen LogP contribution in [-0.4, -0.2) is 47.7 Å². The molecular formula is C14H21N3O5. The third kappa shape index (κ3) is 3.44. The van der Waals surface area contributed by atoms with Crippen LogP contribution in [0.2, 0.25) is 0 Å². The lowest BCUT2D eigenvalue weighted by Crippen LogP contribution is -2.42. The summed E-state index contributed by atoms with van der Waals surface area (Å²) in [6.45, 7) is 3.54. The lowest BCUT2D eigenvalue weighted by molar-refractivity contribution is -0.149. The van der Waals surface area contributed by atoms with Gasteiger partial charge >= 0.3 is 5.97 Å². The first kappa shape index (κ1) is 17.7. The van der Waals surface area contributed by atoms with E-state index in [-0.39, 0.29) is 23.9 Å². The second-order valence-electron chi connectivity index (χ2n) is 4.74. The minimum Gasteiger partial charge on any atom is -0.481 e. The number of amides is 1. The van der Waals surface area contributed by atoms with E-state index in [2.05, 4.69) is 15.3 Å². The number of methoxy groups -OCH3 is 2. The molecule has 0 spiro atoms. The molecule has 0 fully saturated rings. The van der Waals surface area contributed by atoms with E-state index < -0.39 is 17.3 Å². The molecule has 0 unspecified atom stereocenters. The number of hydrogen-bond acceptors (Lipinski definition) is 6. The van der Waals surface area contributed by atoms with Gasteiger partial charge < -0.3 is 19.9 Å². The first-order valence-corrected chi connectivity index (χ1v) is 6.90. The van der Waals surface area contributed by atoms with E-state index >= 15 is 0 Å². The molecule has 122 valence electrons. The van der Waals surface area contributed by atoms with Gasteiger partial charge in [0.25, 0.3) is 5.91 Å². The predicted molar refractivity (Wildman–Crippen MR) is 78.1 cm³/mol. The van der Waals surface area contributed by atoms with Crippen LogP contribution in [0.3, 0.4) is 0 Å². The Hall–Kier alpha value is -2.38. The molecule has 2 N–H and O–H groups in total. The van der Waals surface area contributed by atoms with Crippen LogP contribution >= 0.6 is 0 Å². The number of nitrogens with zero attached hydrogens (tertiary/aromatic N) is 2.